The second-order valence-electron chi connectivity index (χ2n) is 4.86. The molecule has 0 aliphatic carbocycles. The maximum absolute atomic E-state index is 10.9. The van der Waals surface area contributed by atoms with Crippen LogP contribution in [0.4, 0.5) is 0 Å². The molecular weight excluding hydrogens is 226 g/mol. The summed E-state index contributed by atoms with van der Waals surface area (Å²) in [6.07, 6.45) is 8.04. The minimum atomic E-state index is -0.908. The standard InChI is InChI=1S/C15H21NO2/c1-10(2)6-5-7-11(3)8-13-9-16-14(12(13)4)15(17)18/h6,8-9,16H,5,7H2,1-4H3,(H,17,18)/b11-8+. The fraction of sp³-hybridized carbons (Fsp3) is 0.400. The molecule has 0 spiro atoms. The van der Waals surface area contributed by atoms with E-state index in [2.05, 4.69) is 37.9 Å². The van der Waals surface area contributed by atoms with Crippen molar-refractivity contribution in [3.63, 3.8) is 0 Å². The summed E-state index contributed by atoms with van der Waals surface area (Å²) in [5, 5.41) is 8.96. The first-order chi connectivity index (χ1) is 8.41. The maximum Gasteiger partial charge on any atom is 0.352 e. The summed E-state index contributed by atoms with van der Waals surface area (Å²) in [4.78, 5) is 13.7. The number of allylic oxidation sites excluding steroid dienone is 3. The molecule has 0 radical (unpaired) electrons. The van der Waals surface area contributed by atoms with Crippen molar-refractivity contribution in [3.8, 4) is 0 Å². The molecule has 98 valence electrons. The molecular formula is C15H21NO2. The van der Waals surface area contributed by atoms with Crippen molar-refractivity contribution in [1.82, 2.24) is 4.98 Å². The lowest BCUT2D eigenvalue weighted by atomic mass is 10.1. The molecule has 1 aromatic rings. The number of carbonyl (C=O) groups is 1. The van der Waals surface area contributed by atoms with Gasteiger partial charge in [0, 0.05) is 6.20 Å². The predicted octanol–water partition coefficient (Wildman–Crippen LogP) is 4.17. The van der Waals surface area contributed by atoms with Crippen LogP contribution in [0.15, 0.2) is 23.4 Å². The van der Waals surface area contributed by atoms with Gasteiger partial charge in [0.25, 0.3) is 0 Å². The van der Waals surface area contributed by atoms with Crippen molar-refractivity contribution in [1.29, 1.82) is 0 Å². The number of nitrogens with one attached hydrogen (secondary N) is 1. The van der Waals surface area contributed by atoms with E-state index in [9.17, 15) is 4.79 Å². The van der Waals surface area contributed by atoms with E-state index in [1.165, 1.54) is 11.1 Å². The summed E-state index contributed by atoms with van der Waals surface area (Å²) in [6, 6.07) is 0. The van der Waals surface area contributed by atoms with Crippen LogP contribution in [-0.4, -0.2) is 16.1 Å². The lowest BCUT2D eigenvalue weighted by Gasteiger charge is -1.99. The van der Waals surface area contributed by atoms with Gasteiger partial charge in [-0.05, 0) is 51.7 Å². The van der Waals surface area contributed by atoms with Crippen molar-refractivity contribution >= 4 is 12.0 Å². The molecule has 1 aromatic heterocycles. The summed E-state index contributed by atoms with van der Waals surface area (Å²) >= 11 is 0. The molecule has 1 rings (SSSR count). The average molecular weight is 247 g/mol. The van der Waals surface area contributed by atoms with E-state index in [1.54, 1.807) is 6.20 Å². The zero-order chi connectivity index (χ0) is 13.7. The quantitative estimate of drug-likeness (QED) is 0.767. The number of hydrogen-bond donors (Lipinski definition) is 2. The molecule has 0 saturated carbocycles. The molecule has 18 heavy (non-hydrogen) atoms. The molecule has 0 aliphatic rings. The summed E-state index contributed by atoms with van der Waals surface area (Å²) in [5.41, 5.74) is 4.62. The van der Waals surface area contributed by atoms with Crippen LogP contribution in [0.2, 0.25) is 0 Å². The number of aromatic carboxylic acids is 1. The van der Waals surface area contributed by atoms with E-state index < -0.39 is 5.97 Å². The number of H-pyrrole nitrogens is 1. The van der Waals surface area contributed by atoms with Crippen LogP contribution in [0.5, 0.6) is 0 Å². The Balaban J connectivity index is 2.77. The molecule has 0 unspecified atom stereocenters. The Bertz CT molecular complexity index is 489. The molecule has 0 aromatic carbocycles. The highest BCUT2D eigenvalue weighted by atomic mass is 16.4. The van der Waals surface area contributed by atoms with E-state index in [-0.39, 0.29) is 5.69 Å². The van der Waals surface area contributed by atoms with Crippen LogP contribution in [0, 0.1) is 6.92 Å². The number of aromatic amines is 1. The molecule has 0 atom stereocenters. The third-order valence-corrected chi connectivity index (χ3v) is 2.89. The van der Waals surface area contributed by atoms with Gasteiger partial charge in [0.15, 0.2) is 0 Å². The summed E-state index contributed by atoms with van der Waals surface area (Å²) < 4.78 is 0. The van der Waals surface area contributed by atoms with Crippen LogP contribution in [-0.2, 0) is 0 Å². The van der Waals surface area contributed by atoms with E-state index in [4.69, 9.17) is 5.11 Å². The highest BCUT2D eigenvalue weighted by molar-refractivity contribution is 5.88. The molecule has 0 aliphatic heterocycles. The van der Waals surface area contributed by atoms with E-state index in [1.807, 2.05) is 6.92 Å². The van der Waals surface area contributed by atoms with Crippen molar-refractivity contribution in [2.45, 2.75) is 40.5 Å². The van der Waals surface area contributed by atoms with Crippen molar-refractivity contribution in [2.24, 2.45) is 0 Å². The van der Waals surface area contributed by atoms with Gasteiger partial charge in [-0.3, -0.25) is 0 Å². The minimum Gasteiger partial charge on any atom is -0.477 e. The number of carboxylic acids is 1. The fourth-order valence-corrected chi connectivity index (χ4v) is 1.81. The highest BCUT2D eigenvalue weighted by Crippen LogP contribution is 2.18. The zero-order valence-electron chi connectivity index (χ0n) is 11.5. The Labute approximate surface area is 108 Å². The van der Waals surface area contributed by atoms with Gasteiger partial charge in [-0.15, -0.1) is 0 Å². The predicted molar refractivity (Wildman–Crippen MR) is 74.8 cm³/mol. The summed E-state index contributed by atoms with van der Waals surface area (Å²) in [5.74, 6) is -0.908. The third-order valence-electron chi connectivity index (χ3n) is 2.89. The van der Waals surface area contributed by atoms with Gasteiger partial charge in [-0.1, -0.05) is 23.3 Å². The first-order valence-corrected chi connectivity index (χ1v) is 6.13. The van der Waals surface area contributed by atoms with Crippen LogP contribution >= 0.6 is 0 Å². The Morgan fingerprint density at radius 2 is 2.06 bits per heavy atom. The summed E-state index contributed by atoms with van der Waals surface area (Å²) in [6.45, 7) is 8.09. The average Bonchev–Trinajstić information content (AvgIpc) is 2.60. The second kappa shape index (κ2) is 6.24. The Kier molecular flexibility index (Phi) is 4.95. The van der Waals surface area contributed by atoms with E-state index in [0.717, 1.165) is 24.0 Å². The molecule has 0 amide bonds. The fourth-order valence-electron chi connectivity index (χ4n) is 1.81. The SMILES string of the molecule is CC(C)=CCC/C(C)=C/c1c[nH]c(C(=O)O)c1C. The van der Waals surface area contributed by atoms with Crippen LogP contribution in [0.1, 0.15) is 55.2 Å². The van der Waals surface area contributed by atoms with Gasteiger partial charge in [0.05, 0.1) is 0 Å². The van der Waals surface area contributed by atoms with E-state index in [0.29, 0.717) is 0 Å². The molecule has 1 heterocycles. The van der Waals surface area contributed by atoms with Gasteiger partial charge >= 0.3 is 5.97 Å². The monoisotopic (exact) mass is 247 g/mol. The molecule has 3 heteroatoms. The maximum atomic E-state index is 10.9. The van der Waals surface area contributed by atoms with Crippen molar-refractivity contribution < 1.29 is 9.90 Å². The van der Waals surface area contributed by atoms with Crippen molar-refractivity contribution in [2.75, 3.05) is 0 Å². The zero-order valence-corrected chi connectivity index (χ0v) is 11.5. The van der Waals surface area contributed by atoms with Gasteiger partial charge in [0.2, 0.25) is 0 Å². The lowest BCUT2D eigenvalue weighted by Crippen LogP contribution is -1.98. The molecule has 0 bridgehead atoms. The Hall–Kier alpha value is -1.77. The van der Waals surface area contributed by atoms with Gasteiger partial charge < -0.3 is 10.1 Å². The normalized spacial score (nSPS) is 11.4. The van der Waals surface area contributed by atoms with Gasteiger partial charge in [-0.2, -0.15) is 0 Å². The first-order valence-electron chi connectivity index (χ1n) is 6.13. The van der Waals surface area contributed by atoms with Crippen molar-refractivity contribution in [3.05, 3.63) is 40.2 Å². The highest BCUT2D eigenvalue weighted by Gasteiger charge is 2.11. The van der Waals surface area contributed by atoms with E-state index >= 15 is 0 Å². The van der Waals surface area contributed by atoms with Crippen LogP contribution < -0.4 is 0 Å². The van der Waals surface area contributed by atoms with Crippen LogP contribution in [0.25, 0.3) is 6.08 Å². The molecule has 0 fully saturated rings. The Morgan fingerprint density at radius 1 is 1.39 bits per heavy atom. The van der Waals surface area contributed by atoms with Gasteiger partial charge in [0.1, 0.15) is 5.69 Å². The lowest BCUT2D eigenvalue weighted by molar-refractivity contribution is 0.0690. The second-order valence-corrected chi connectivity index (χ2v) is 4.86. The molecule has 0 saturated heterocycles. The van der Waals surface area contributed by atoms with Gasteiger partial charge in [-0.25, -0.2) is 4.79 Å². The smallest absolute Gasteiger partial charge is 0.352 e. The largest absolute Gasteiger partial charge is 0.477 e. The number of hydrogen-bond acceptors (Lipinski definition) is 1. The topological polar surface area (TPSA) is 53.1 Å². The minimum absolute atomic E-state index is 0.276. The molecule has 3 nitrogen and oxygen atoms in total. The summed E-state index contributed by atoms with van der Waals surface area (Å²) in [7, 11) is 0. The third kappa shape index (κ3) is 3.91. The first kappa shape index (κ1) is 14.3. The number of rotatable bonds is 5. The number of carboxylic acid groups (broad SMARTS) is 1. The molecule has 2 N–H and O–H groups in total. The number of aromatic nitrogens is 1. The van der Waals surface area contributed by atoms with Crippen LogP contribution in [0.3, 0.4) is 0 Å². The Morgan fingerprint density at radius 3 is 2.56 bits per heavy atom.